The molecule has 28 heavy (non-hydrogen) atoms. The van der Waals surface area contributed by atoms with E-state index >= 15 is 0 Å². The van der Waals surface area contributed by atoms with Crippen LogP contribution in [-0.2, 0) is 9.53 Å². The molecule has 1 aliphatic heterocycles. The highest BCUT2D eigenvalue weighted by molar-refractivity contribution is 5.96. The molecule has 1 fully saturated rings. The van der Waals surface area contributed by atoms with Crippen molar-refractivity contribution in [1.29, 1.82) is 0 Å². The highest BCUT2D eigenvalue weighted by Gasteiger charge is 2.16. The van der Waals surface area contributed by atoms with E-state index in [-0.39, 0.29) is 24.5 Å². The second-order valence-electron chi connectivity index (χ2n) is 6.82. The summed E-state index contributed by atoms with van der Waals surface area (Å²) in [7, 11) is 0. The first-order valence-corrected chi connectivity index (χ1v) is 9.75. The molecule has 0 saturated carbocycles. The smallest absolute Gasteiger partial charge is 0.251 e. The summed E-state index contributed by atoms with van der Waals surface area (Å²) in [6.45, 7) is 4.33. The Labute approximate surface area is 165 Å². The predicted molar refractivity (Wildman–Crippen MR) is 111 cm³/mol. The summed E-state index contributed by atoms with van der Waals surface area (Å²) in [4.78, 5) is 26.6. The molecular formula is C22H27N3O3. The van der Waals surface area contributed by atoms with Crippen molar-refractivity contribution in [3.8, 4) is 0 Å². The van der Waals surface area contributed by atoms with Crippen molar-refractivity contribution in [3.63, 3.8) is 0 Å². The Balaban J connectivity index is 1.50. The molecule has 1 unspecified atom stereocenters. The van der Waals surface area contributed by atoms with E-state index in [9.17, 15) is 9.59 Å². The number of para-hydroxylation sites is 1. The van der Waals surface area contributed by atoms with Crippen molar-refractivity contribution >= 4 is 23.2 Å². The summed E-state index contributed by atoms with van der Waals surface area (Å²) >= 11 is 0. The largest absolute Gasteiger partial charge is 0.376 e. The molecule has 148 valence electrons. The summed E-state index contributed by atoms with van der Waals surface area (Å²) in [6.07, 6.45) is 2.16. The van der Waals surface area contributed by atoms with Gasteiger partial charge in [0.05, 0.1) is 12.6 Å². The molecule has 2 aromatic carbocycles. The van der Waals surface area contributed by atoms with Crippen molar-refractivity contribution in [2.24, 2.45) is 0 Å². The molecule has 0 spiro atoms. The van der Waals surface area contributed by atoms with Crippen LogP contribution in [0.3, 0.4) is 0 Å². The van der Waals surface area contributed by atoms with Crippen LogP contribution in [0.15, 0.2) is 54.6 Å². The lowest BCUT2D eigenvalue weighted by molar-refractivity contribution is -0.115. The summed E-state index contributed by atoms with van der Waals surface area (Å²) in [6, 6.07) is 16.8. The Bertz CT molecular complexity index is 771. The van der Waals surface area contributed by atoms with E-state index in [4.69, 9.17) is 4.74 Å². The van der Waals surface area contributed by atoms with Gasteiger partial charge in [0.25, 0.3) is 5.91 Å². The van der Waals surface area contributed by atoms with Gasteiger partial charge in [0.15, 0.2) is 0 Å². The molecule has 0 aliphatic carbocycles. The highest BCUT2D eigenvalue weighted by atomic mass is 16.5. The van der Waals surface area contributed by atoms with Crippen LogP contribution >= 0.6 is 0 Å². The lowest BCUT2D eigenvalue weighted by Gasteiger charge is -2.22. The number of amides is 2. The maximum absolute atomic E-state index is 12.4. The minimum Gasteiger partial charge on any atom is -0.376 e. The molecule has 2 N–H and O–H groups in total. The second-order valence-corrected chi connectivity index (χ2v) is 6.82. The van der Waals surface area contributed by atoms with Crippen molar-refractivity contribution in [3.05, 3.63) is 60.2 Å². The van der Waals surface area contributed by atoms with Gasteiger partial charge in [-0.25, -0.2) is 0 Å². The Morgan fingerprint density at radius 2 is 1.86 bits per heavy atom. The quantitative estimate of drug-likeness (QED) is 0.737. The Morgan fingerprint density at radius 3 is 2.50 bits per heavy atom. The first-order valence-electron chi connectivity index (χ1n) is 9.75. The number of carbonyl (C=O) groups excluding carboxylic acids is 2. The summed E-state index contributed by atoms with van der Waals surface area (Å²) in [5, 5.41) is 5.78. The predicted octanol–water partition coefficient (Wildman–Crippen LogP) is 3.06. The highest BCUT2D eigenvalue weighted by Crippen LogP contribution is 2.14. The fraction of sp³-hybridized carbons (Fsp3) is 0.364. The zero-order valence-corrected chi connectivity index (χ0v) is 16.2. The molecule has 1 saturated heterocycles. The van der Waals surface area contributed by atoms with Gasteiger partial charge in [-0.3, -0.25) is 9.59 Å². The SMILES string of the molecule is CCN(CC(=O)Nc1ccc(C(=O)NCC2CCCO2)cc1)c1ccccc1. The van der Waals surface area contributed by atoms with Gasteiger partial charge in [0.2, 0.25) is 5.91 Å². The molecular weight excluding hydrogens is 354 g/mol. The van der Waals surface area contributed by atoms with Crippen LogP contribution in [0.2, 0.25) is 0 Å². The minimum absolute atomic E-state index is 0.0960. The van der Waals surface area contributed by atoms with Crippen molar-refractivity contribution < 1.29 is 14.3 Å². The second kappa shape index (κ2) is 9.90. The van der Waals surface area contributed by atoms with E-state index in [0.717, 1.165) is 31.7 Å². The van der Waals surface area contributed by atoms with Crippen LogP contribution in [0.25, 0.3) is 0 Å². The van der Waals surface area contributed by atoms with E-state index < -0.39 is 0 Å². The fourth-order valence-corrected chi connectivity index (χ4v) is 3.22. The van der Waals surface area contributed by atoms with Crippen LogP contribution in [0.4, 0.5) is 11.4 Å². The lowest BCUT2D eigenvalue weighted by Crippen LogP contribution is -2.33. The van der Waals surface area contributed by atoms with Crippen LogP contribution in [0.5, 0.6) is 0 Å². The van der Waals surface area contributed by atoms with Gasteiger partial charge in [-0.2, -0.15) is 0 Å². The van der Waals surface area contributed by atoms with Crippen LogP contribution in [0, 0.1) is 0 Å². The number of nitrogens with one attached hydrogen (secondary N) is 2. The molecule has 0 bridgehead atoms. The maximum Gasteiger partial charge on any atom is 0.251 e. The number of hydrogen-bond donors (Lipinski definition) is 2. The average Bonchev–Trinajstić information content (AvgIpc) is 3.25. The van der Waals surface area contributed by atoms with Crippen LogP contribution in [0.1, 0.15) is 30.1 Å². The van der Waals surface area contributed by atoms with Gasteiger partial charge in [0.1, 0.15) is 0 Å². The monoisotopic (exact) mass is 381 g/mol. The normalized spacial score (nSPS) is 15.8. The molecule has 2 aromatic rings. The van der Waals surface area contributed by atoms with E-state index in [1.807, 2.05) is 42.2 Å². The third-order valence-corrected chi connectivity index (χ3v) is 4.78. The van der Waals surface area contributed by atoms with E-state index in [2.05, 4.69) is 10.6 Å². The van der Waals surface area contributed by atoms with Gasteiger partial charge in [0, 0.05) is 36.6 Å². The third kappa shape index (κ3) is 5.57. The number of nitrogens with zero attached hydrogens (tertiary/aromatic N) is 1. The number of benzene rings is 2. The molecule has 1 aliphatic rings. The number of anilines is 2. The van der Waals surface area contributed by atoms with Gasteiger partial charge in [-0.05, 0) is 56.2 Å². The number of rotatable bonds is 8. The van der Waals surface area contributed by atoms with Gasteiger partial charge < -0.3 is 20.3 Å². The molecule has 0 radical (unpaired) electrons. The average molecular weight is 381 g/mol. The first kappa shape index (κ1) is 19.9. The zero-order chi connectivity index (χ0) is 19.8. The molecule has 6 heteroatoms. The Kier molecular flexibility index (Phi) is 7.03. The van der Waals surface area contributed by atoms with Crippen molar-refractivity contribution in [2.75, 3.05) is 36.5 Å². The minimum atomic E-state index is -0.130. The number of ether oxygens (including phenoxy) is 1. The molecule has 1 heterocycles. The Morgan fingerprint density at radius 1 is 1.11 bits per heavy atom. The summed E-state index contributed by atoms with van der Waals surface area (Å²) in [5.74, 6) is -0.226. The van der Waals surface area contributed by atoms with Gasteiger partial charge in [-0.15, -0.1) is 0 Å². The number of carbonyl (C=O) groups is 2. The lowest BCUT2D eigenvalue weighted by atomic mass is 10.2. The van der Waals surface area contributed by atoms with Crippen molar-refractivity contribution in [1.82, 2.24) is 5.32 Å². The zero-order valence-electron chi connectivity index (χ0n) is 16.2. The number of hydrogen-bond acceptors (Lipinski definition) is 4. The fourth-order valence-electron chi connectivity index (χ4n) is 3.22. The molecule has 3 rings (SSSR count). The molecule has 2 amide bonds. The number of likely N-dealkylation sites (N-methyl/N-ethyl adjacent to an activating group) is 1. The maximum atomic E-state index is 12.4. The summed E-state index contributed by atoms with van der Waals surface area (Å²) < 4.78 is 5.51. The molecule has 1 atom stereocenters. The first-order chi connectivity index (χ1) is 13.7. The van der Waals surface area contributed by atoms with Gasteiger partial charge >= 0.3 is 0 Å². The van der Waals surface area contributed by atoms with E-state index in [0.29, 0.717) is 17.8 Å². The Hall–Kier alpha value is -2.86. The summed E-state index contributed by atoms with van der Waals surface area (Å²) in [5.41, 5.74) is 2.25. The van der Waals surface area contributed by atoms with Gasteiger partial charge in [-0.1, -0.05) is 18.2 Å². The third-order valence-electron chi connectivity index (χ3n) is 4.78. The van der Waals surface area contributed by atoms with Crippen LogP contribution < -0.4 is 15.5 Å². The topological polar surface area (TPSA) is 70.7 Å². The molecule has 6 nitrogen and oxygen atoms in total. The molecule has 0 aromatic heterocycles. The van der Waals surface area contributed by atoms with E-state index in [1.54, 1.807) is 24.3 Å². The van der Waals surface area contributed by atoms with Crippen LogP contribution in [-0.4, -0.2) is 44.2 Å². The standard InChI is InChI=1S/C22H27N3O3/c1-2-25(19-7-4-3-5-8-19)16-21(26)24-18-12-10-17(11-13-18)22(27)23-15-20-9-6-14-28-20/h3-5,7-8,10-13,20H,2,6,9,14-16H2,1H3,(H,23,27)(H,24,26). The van der Waals surface area contributed by atoms with Crippen molar-refractivity contribution in [2.45, 2.75) is 25.9 Å². The van der Waals surface area contributed by atoms with E-state index in [1.165, 1.54) is 0 Å².